The molecule has 272 valence electrons. The Labute approximate surface area is 333 Å². The molecule has 0 unspecified atom stereocenters. The van der Waals surface area contributed by atoms with Crippen LogP contribution in [0.15, 0.2) is 158 Å². The summed E-state index contributed by atoms with van der Waals surface area (Å²) in [5.74, 6) is 0. The lowest BCUT2D eigenvalue weighted by Gasteiger charge is -2.24. The minimum absolute atomic E-state index is 1.11. The van der Waals surface area contributed by atoms with Gasteiger partial charge in [-0.3, -0.25) is 0 Å². The highest BCUT2D eigenvalue weighted by molar-refractivity contribution is 6.11. The maximum absolute atomic E-state index is 4.36. The van der Waals surface area contributed by atoms with Gasteiger partial charge < -0.3 is 9.13 Å². The van der Waals surface area contributed by atoms with Crippen molar-refractivity contribution in [2.75, 3.05) is 0 Å². The molecule has 2 heteroatoms. The van der Waals surface area contributed by atoms with Crippen molar-refractivity contribution in [3.05, 3.63) is 192 Å². The first-order valence-electron chi connectivity index (χ1n) is 20.3. The molecule has 2 nitrogen and oxygen atoms in total. The Balaban J connectivity index is 1.09. The Kier molecular flexibility index (Phi) is 7.86. The number of rotatable bonds is 6. The van der Waals surface area contributed by atoms with Crippen LogP contribution in [-0.4, -0.2) is 9.13 Å². The van der Waals surface area contributed by atoms with Crippen molar-refractivity contribution < 1.29 is 0 Å². The SMILES string of the molecule is C=Cc1c(/C=C\C)c2cc(-c3ccc4c(c3)c3ccccc3n4-c3ccccc3-c3ccccc3)ccc2n1-c1ccc2c3c(c4c(c2c1)C=CCC4)CCC=C3. The molecule has 0 bridgehead atoms. The molecule has 0 saturated heterocycles. The van der Waals surface area contributed by atoms with Crippen molar-refractivity contribution in [3.8, 4) is 33.6 Å². The zero-order valence-electron chi connectivity index (χ0n) is 32.2. The number of hydrogen-bond donors (Lipinski definition) is 0. The highest BCUT2D eigenvalue weighted by atomic mass is 15.0. The zero-order chi connectivity index (χ0) is 38.0. The van der Waals surface area contributed by atoms with E-state index < -0.39 is 0 Å². The Morgan fingerprint density at radius 3 is 1.93 bits per heavy atom. The van der Waals surface area contributed by atoms with Crippen molar-refractivity contribution in [1.29, 1.82) is 0 Å². The van der Waals surface area contributed by atoms with E-state index in [-0.39, 0.29) is 0 Å². The van der Waals surface area contributed by atoms with E-state index >= 15 is 0 Å². The first-order chi connectivity index (χ1) is 28.2. The summed E-state index contributed by atoms with van der Waals surface area (Å²) in [7, 11) is 0. The minimum Gasteiger partial charge on any atom is -0.309 e. The lowest BCUT2D eigenvalue weighted by Crippen LogP contribution is -2.07. The molecule has 0 radical (unpaired) electrons. The highest BCUT2D eigenvalue weighted by Crippen LogP contribution is 2.42. The third-order valence-electron chi connectivity index (χ3n) is 12.4. The van der Waals surface area contributed by atoms with Crippen LogP contribution < -0.4 is 0 Å². The van der Waals surface area contributed by atoms with Crippen LogP contribution in [0.4, 0.5) is 0 Å². The fourth-order valence-corrected chi connectivity index (χ4v) is 9.87. The van der Waals surface area contributed by atoms with E-state index in [1.165, 1.54) is 88.1 Å². The van der Waals surface area contributed by atoms with Crippen LogP contribution in [0.2, 0.25) is 0 Å². The average Bonchev–Trinajstić information content (AvgIpc) is 3.78. The molecule has 2 aliphatic rings. The summed E-state index contributed by atoms with van der Waals surface area (Å²) in [6.07, 6.45) is 20.3. The molecule has 0 spiro atoms. The van der Waals surface area contributed by atoms with Gasteiger partial charge in [0.2, 0.25) is 0 Å². The number of para-hydroxylation sites is 2. The molecule has 0 atom stereocenters. The summed E-state index contributed by atoms with van der Waals surface area (Å²) in [5.41, 5.74) is 19.0. The van der Waals surface area contributed by atoms with E-state index in [4.69, 9.17) is 0 Å². The summed E-state index contributed by atoms with van der Waals surface area (Å²) in [5, 5.41) is 6.40. The van der Waals surface area contributed by atoms with Crippen molar-refractivity contribution in [2.24, 2.45) is 0 Å². The number of aromatic nitrogens is 2. The maximum Gasteiger partial charge on any atom is 0.0541 e. The van der Waals surface area contributed by atoms with E-state index in [1.807, 2.05) is 6.08 Å². The Hall–Kier alpha value is -6.90. The summed E-state index contributed by atoms with van der Waals surface area (Å²) in [4.78, 5) is 0. The number of nitrogens with zero attached hydrogens (tertiary/aromatic N) is 2. The molecule has 0 aliphatic heterocycles. The third-order valence-corrected chi connectivity index (χ3v) is 12.4. The van der Waals surface area contributed by atoms with Crippen LogP contribution in [0.3, 0.4) is 0 Å². The fourth-order valence-electron chi connectivity index (χ4n) is 9.87. The zero-order valence-corrected chi connectivity index (χ0v) is 32.2. The standard InChI is InChI=1S/C55H42N2/c1-3-16-46-49-33-37(38-28-32-55-50(34-38)47-24-13-15-26-53(47)57(55)52-25-14-12-19-40(52)36-17-6-5-7-18-36)27-31-54(49)56(51(46)4-2)39-29-30-45-43-22-9-8-20-41(43)42-21-10-11-23-44(42)48(45)35-39/h3-7,9,11-19,22-35H,2,8,10,20-21H2,1H3/b16-3-. The van der Waals surface area contributed by atoms with Gasteiger partial charge >= 0.3 is 0 Å². The van der Waals surface area contributed by atoms with Crippen LogP contribution in [0.5, 0.6) is 0 Å². The summed E-state index contributed by atoms with van der Waals surface area (Å²) in [6, 6.07) is 49.3. The molecule has 2 aliphatic carbocycles. The molecule has 2 heterocycles. The Morgan fingerprint density at radius 1 is 0.526 bits per heavy atom. The average molecular weight is 731 g/mol. The molecular formula is C55H42N2. The topological polar surface area (TPSA) is 9.86 Å². The van der Waals surface area contributed by atoms with E-state index in [1.54, 1.807) is 11.1 Å². The van der Waals surface area contributed by atoms with Gasteiger partial charge in [-0.25, -0.2) is 0 Å². The van der Waals surface area contributed by atoms with Gasteiger partial charge in [0.15, 0.2) is 0 Å². The van der Waals surface area contributed by atoms with Crippen LogP contribution in [-0.2, 0) is 12.8 Å². The molecule has 11 rings (SSSR count). The maximum atomic E-state index is 4.36. The normalized spacial score (nSPS) is 13.6. The predicted molar refractivity (Wildman–Crippen MR) is 246 cm³/mol. The first-order valence-corrected chi connectivity index (χ1v) is 20.3. The Bertz CT molecular complexity index is 3200. The van der Waals surface area contributed by atoms with Crippen molar-refractivity contribution in [1.82, 2.24) is 9.13 Å². The van der Waals surface area contributed by atoms with Gasteiger partial charge in [0.25, 0.3) is 0 Å². The van der Waals surface area contributed by atoms with E-state index in [9.17, 15) is 0 Å². The molecule has 0 fully saturated rings. The van der Waals surface area contributed by atoms with Gasteiger partial charge in [-0.2, -0.15) is 0 Å². The molecule has 2 aromatic heterocycles. The monoisotopic (exact) mass is 730 g/mol. The Morgan fingerprint density at radius 2 is 1.18 bits per heavy atom. The quantitative estimate of drug-likeness (QED) is 0.161. The van der Waals surface area contributed by atoms with Crippen LogP contribution in [0.1, 0.15) is 53.3 Å². The molecule has 57 heavy (non-hydrogen) atoms. The number of benzene rings is 7. The molecule has 0 saturated carbocycles. The van der Waals surface area contributed by atoms with Crippen LogP contribution in [0, 0.1) is 0 Å². The second kappa shape index (κ2) is 13.4. The second-order valence-corrected chi connectivity index (χ2v) is 15.4. The van der Waals surface area contributed by atoms with Gasteiger partial charge in [-0.1, -0.05) is 128 Å². The summed E-state index contributed by atoms with van der Waals surface area (Å²) in [6.45, 7) is 6.47. The molecule has 9 aromatic rings. The highest BCUT2D eigenvalue weighted by Gasteiger charge is 2.22. The molecule has 0 amide bonds. The van der Waals surface area contributed by atoms with Crippen LogP contribution >= 0.6 is 0 Å². The van der Waals surface area contributed by atoms with Gasteiger partial charge in [0.05, 0.1) is 27.9 Å². The van der Waals surface area contributed by atoms with E-state index in [0.717, 1.165) is 37.1 Å². The molecule has 0 N–H and O–H groups in total. The van der Waals surface area contributed by atoms with Gasteiger partial charge in [-0.15, -0.1) is 0 Å². The van der Waals surface area contributed by atoms with Crippen molar-refractivity contribution in [2.45, 2.75) is 32.6 Å². The van der Waals surface area contributed by atoms with Gasteiger partial charge in [0, 0.05) is 33.0 Å². The summed E-state index contributed by atoms with van der Waals surface area (Å²) >= 11 is 0. The van der Waals surface area contributed by atoms with Crippen LogP contribution in [0.25, 0.3) is 101 Å². The molecular weight excluding hydrogens is 689 g/mol. The lowest BCUT2D eigenvalue weighted by molar-refractivity contribution is 0.911. The second-order valence-electron chi connectivity index (χ2n) is 15.4. The minimum atomic E-state index is 1.11. The fraction of sp³-hybridized carbons (Fsp3) is 0.0909. The predicted octanol–water partition coefficient (Wildman–Crippen LogP) is 14.8. The van der Waals surface area contributed by atoms with Gasteiger partial charge in [0.1, 0.15) is 0 Å². The largest absolute Gasteiger partial charge is 0.309 e. The number of hydrogen-bond acceptors (Lipinski definition) is 0. The van der Waals surface area contributed by atoms with Gasteiger partial charge in [-0.05, 0) is 137 Å². The number of allylic oxidation sites excluding steroid dienone is 3. The third kappa shape index (κ3) is 5.17. The molecule has 7 aromatic carbocycles. The smallest absolute Gasteiger partial charge is 0.0541 e. The lowest BCUT2D eigenvalue weighted by atomic mass is 9.81. The first kappa shape index (κ1) is 33.4. The summed E-state index contributed by atoms with van der Waals surface area (Å²) < 4.78 is 4.85. The van der Waals surface area contributed by atoms with E-state index in [0.29, 0.717) is 0 Å². The number of fused-ring (bicyclic) bond motifs is 10. The van der Waals surface area contributed by atoms with Crippen molar-refractivity contribution >= 4 is 67.8 Å². The van der Waals surface area contributed by atoms with E-state index in [2.05, 4.69) is 193 Å². The van der Waals surface area contributed by atoms with Crippen molar-refractivity contribution in [3.63, 3.8) is 0 Å².